The molecule has 2 saturated heterocycles. The predicted octanol–water partition coefficient (Wildman–Crippen LogP) is 1.69. The highest BCUT2D eigenvalue weighted by atomic mass is 16.5. The molecule has 1 aromatic rings. The summed E-state index contributed by atoms with van der Waals surface area (Å²) >= 11 is 0. The molecule has 0 spiro atoms. The number of rotatable bonds is 5. The number of amides is 1. The Bertz CT molecular complexity index is 506. The number of fused-ring (bicyclic) bond motifs is 1. The molecule has 3 rings (SSSR count). The Kier molecular flexibility index (Phi) is 4.41. The highest BCUT2D eigenvalue weighted by molar-refractivity contribution is 5.84. The second kappa shape index (κ2) is 6.45. The minimum Gasteiger partial charge on any atom is -0.493 e. The van der Waals surface area contributed by atoms with Crippen molar-refractivity contribution in [2.24, 2.45) is 0 Å². The monoisotopic (exact) mass is 290 g/mol. The Balaban J connectivity index is 1.81. The molecule has 0 saturated carbocycles. The molecule has 21 heavy (non-hydrogen) atoms. The number of nitrogens with zero attached hydrogens (tertiary/aromatic N) is 1. The smallest absolute Gasteiger partial charge is 0.241 e. The number of hydrogen-bond donors (Lipinski definition) is 1. The van der Waals surface area contributed by atoms with Crippen LogP contribution in [-0.4, -0.2) is 43.2 Å². The highest BCUT2D eigenvalue weighted by Crippen LogP contribution is 2.33. The lowest BCUT2D eigenvalue weighted by Crippen LogP contribution is -2.44. The molecular formula is C16H22N2O3. The molecule has 2 unspecified atom stereocenters. The summed E-state index contributed by atoms with van der Waals surface area (Å²) in [5.41, 5.74) is 1.03. The molecular weight excluding hydrogens is 268 g/mol. The fourth-order valence-corrected chi connectivity index (χ4v) is 2.89. The topological polar surface area (TPSA) is 50.8 Å². The van der Waals surface area contributed by atoms with Crippen LogP contribution in [0.3, 0.4) is 0 Å². The molecule has 2 atom stereocenters. The maximum Gasteiger partial charge on any atom is 0.241 e. The van der Waals surface area contributed by atoms with Gasteiger partial charge in [-0.1, -0.05) is 31.5 Å². The largest absolute Gasteiger partial charge is 0.493 e. The van der Waals surface area contributed by atoms with Gasteiger partial charge in [0.15, 0.2) is 0 Å². The van der Waals surface area contributed by atoms with E-state index in [2.05, 4.69) is 17.1 Å². The molecule has 1 amide bonds. The van der Waals surface area contributed by atoms with E-state index in [9.17, 15) is 4.79 Å². The average molecular weight is 290 g/mol. The average Bonchev–Trinajstić information content (AvgIpc) is 2.86. The van der Waals surface area contributed by atoms with E-state index < -0.39 is 0 Å². The Labute approximate surface area is 125 Å². The van der Waals surface area contributed by atoms with Crippen LogP contribution < -0.4 is 10.1 Å². The molecule has 1 aromatic carbocycles. The van der Waals surface area contributed by atoms with E-state index in [4.69, 9.17) is 9.47 Å². The first kappa shape index (κ1) is 14.4. The van der Waals surface area contributed by atoms with Crippen molar-refractivity contribution >= 4 is 5.91 Å². The van der Waals surface area contributed by atoms with Crippen LogP contribution in [0.1, 0.15) is 31.5 Å². The molecule has 2 aliphatic rings. The minimum atomic E-state index is -0.174. The van der Waals surface area contributed by atoms with Gasteiger partial charge in [-0.05, 0) is 12.5 Å². The summed E-state index contributed by atoms with van der Waals surface area (Å²) < 4.78 is 11.3. The zero-order chi connectivity index (χ0) is 14.7. The molecule has 5 nitrogen and oxygen atoms in total. The Morgan fingerprint density at radius 2 is 2.29 bits per heavy atom. The first-order valence-corrected chi connectivity index (χ1v) is 7.67. The normalized spacial score (nSPS) is 25.5. The van der Waals surface area contributed by atoms with Crippen LogP contribution in [-0.2, 0) is 9.53 Å². The molecule has 0 aromatic heterocycles. The molecule has 0 bridgehead atoms. The molecule has 0 aliphatic carbocycles. The fraction of sp³-hybridized carbons (Fsp3) is 0.562. The van der Waals surface area contributed by atoms with Crippen LogP contribution in [0.15, 0.2) is 24.3 Å². The van der Waals surface area contributed by atoms with E-state index >= 15 is 0 Å². The van der Waals surface area contributed by atoms with Crippen LogP contribution in [0.4, 0.5) is 0 Å². The van der Waals surface area contributed by atoms with E-state index in [-0.39, 0.29) is 18.1 Å². The number of benzene rings is 1. The summed E-state index contributed by atoms with van der Waals surface area (Å²) in [6.45, 7) is 4.75. The zero-order valence-corrected chi connectivity index (χ0v) is 12.4. The lowest BCUT2D eigenvalue weighted by molar-refractivity contribution is -0.125. The summed E-state index contributed by atoms with van der Waals surface area (Å²) in [6.07, 6.45) is 2.03. The predicted molar refractivity (Wildman–Crippen MR) is 79.0 cm³/mol. The van der Waals surface area contributed by atoms with E-state index in [1.54, 1.807) is 0 Å². The summed E-state index contributed by atoms with van der Waals surface area (Å²) in [5.74, 6) is 0.909. The summed E-state index contributed by atoms with van der Waals surface area (Å²) in [6, 6.07) is 7.79. The standard InChI is InChI=1S/C16H22N2O3/c1-2-3-9-21-14-7-5-4-6-12(14)15-17-16(19)13-11-20-10-8-18(13)15/h4-7,13,15H,2-3,8-11H2,1H3,(H,17,19). The van der Waals surface area contributed by atoms with Crippen LogP contribution in [0.5, 0.6) is 5.75 Å². The van der Waals surface area contributed by atoms with Crippen molar-refractivity contribution in [3.63, 3.8) is 0 Å². The third-order valence-corrected chi connectivity index (χ3v) is 4.05. The van der Waals surface area contributed by atoms with Crippen LogP contribution in [0.25, 0.3) is 0 Å². The fourth-order valence-electron chi connectivity index (χ4n) is 2.89. The molecule has 2 heterocycles. The van der Waals surface area contributed by atoms with Gasteiger partial charge in [-0.25, -0.2) is 0 Å². The van der Waals surface area contributed by atoms with E-state index in [1.165, 1.54) is 0 Å². The number of unbranched alkanes of at least 4 members (excludes halogenated alkanes) is 1. The molecule has 0 radical (unpaired) electrons. The van der Waals surface area contributed by atoms with Crippen molar-refractivity contribution in [1.29, 1.82) is 0 Å². The van der Waals surface area contributed by atoms with Crippen LogP contribution in [0, 0.1) is 0 Å². The van der Waals surface area contributed by atoms with Crippen molar-refractivity contribution in [2.45, 2.75) is 32.0 Å². The Morgan fingerprint density at radius 3 is 3.14 bits per heavy atom. The quantitative estimate of drug-likeness (QED) is 0.839. The maximum atomic E-state index is 12.1. The van der Waals surface area contributed by atoms with Gasteiger partial charge in [-0.3, -0.25) is 9.69 Å². The number of nitrogens with one attached hydrogen (secondary N) is 1. The second-order valence-electron chi connectivity index (χ2n) is 5.48. The van der Waals surface area contributed by atoms with Crippen molar-refractivity contribution in [1.82, 2.24) is 10.2 Å². The number of morpholine rings is 1. The minimum absolute atomic E-state index is 0.0445. The van der Waals surface area contributed by atoms with Gasteiger partial charge in [-0.15, -0.1) is 0 Å². The van der Waals surface area contributed by atoms with Crippen LogP contribution >= 0.6 is 0 Å². The third kappa shape index (κ3) is 2.89. The zero-order valence-electron chi connectivity index (χ0n) is 12.4. The van der Waals surface area contributed by atoms with Crippen molar-refractivity contribution < 1.29 is 14.3 Å². The van der Waals surface area contributed by atoms with Crippen molar-refractivity contribution in [2.75, 3.05) is 26.4 Å². The number of para-hydroxylation sites is 1. The number of hydrogen-bond acceptors (Lipinski definition) is 4. The Hall–Kier alpha value is -1.59. The highest BCUT2D eigenvalue weighted by Gasteiger charge is 2.43. The van der Waals surface area contributed by atoms with Gasteiger partial charge in [-0.2, -0.15) is 0 Å². The van der Waals surface area contributed by atoms with E-state index in [0.717, 1.165) is 30.7 Å². The van der Waals surface area contributed by atoms with E-state index in [1.807, 2.05) is 24.3 Å². The number of carbonyl (C=O) groups excluding carboxylic acids is 1. The van der Waals surface area contributed by atoms with Crippen molar-refractivity contribution in [3.8, 4) is 5.75 Å². The van der Waals surface area contributed by atoms with Crippen molar-refractivity contribution in [3.05, 3.63) is 29.8 Å². The lowest BCUT2D eigenvalue weighted by Gasteiger charge is -2.32. The second-order valence-corrected chi connectivity index (χ2v) is 5.48. The maximum absolute atomic E-state index is 12.1. The number of carbonyl (C=O) groups is 1. The van der Waals surface area contributed by atoms with Gasteiger partial charge < -0.3 is 14.8 Å². The summed E-state index contributed by atoms with van der Waals surface area (Å²) in [7, 11) is 0. The third-order valence-electron chi connectivity index (χ3n) is 4.05. The summed E-state index contributed by atoms with van der Waals surface area (Å²) in [4.78, 5) is 14.3. The van der Waals surface area contributed by atoms with Gasteiger partial charge in [0.2, 0.25) is 5.91 Å². The van der Waals surface area contributed by atoms with E-state index in [0.29, 0.717) is 19.8 Å². The molecule has 1 N–H and O–H groups in total. The van der Waals surface area contributed by atoms with Gasteiger partial charge in [0, 0.05) is 12.1 Å². The molecule has 5 heteroatoms. The lowest BCUT2D eigenvalue weighted by atomic mass is 10.1. The number of ether oxygens (including phenoxy) is 2. The SMILES string of the molecule is CCCCOc1ccccc1C1NC(=O)C2COCCN21. The van der Waals surface area contributed by atoms with Gasteiger partial charge in [0.05, 0.1) is 19.8 Å². The van der Waals surface area contributed by atoms with Gasteiger partial charge in [0.1, 0.15) is 18.0 Å². The summed E-state index contributed by atoms with van der Waals surface area (Å²) in [5, 5.41) is 3.07. The van der Waals surface area contributed by atoms with Crippen LogP contribution in [0.2, 0.25) is 0 Å². The molecule has 2 fully saturated rings. The molecule has 2 aliphatic heterocycles. The first-order valence-electron chi connectivity index (χ1n) is 7.67. The van der Waals surface area contributed by atoms with Gasteiger partial charge in [0.25, 0.3) is 0 Å². The Morgan fingerprint density at radius 1 is 1.43 bits per heavy atom. The molecule has 114 valence electrons. The first-order chi connectivity index (χ1) is 10.3. The van der Waals surface area contributed by atoms with Gasteiger partial charge >= 0.3 is 0 Å².